The van der Waals surface area contributed by atoms with E-state index in [0.29, 0.717) is 24.9 Å². The first-order valence-corrected chi connectivity index (χ1v) is 9.70. The second kappa shape index (κ2) is 8.14. The fraction of sp³-hybridized carbons (Fsp3) is 0.474. The molecular weight excluding hydrogens is 352 g/mol. The molecule has 7 heteroatoms. The van der Waals surface area contributed by atoms with Crippen LogP contribution in [0, 0.1) is 0 Å². The smallest absolute Gasteiger partial charge is 0.255 e. The topological polar surface area (TPSA) is 66.1 Å². The van der Waals surface area contributed by atoms with Gasteiger partial charge in [0.15, 0.2) is 5.76 Å². The molecule has 1 aromatic carbocycles. The molecule has 0 amide bonds. The Morgan fingerprint density at radius 3 is 2.73 bits per heavy atom. The van der Waals surface area contributed by atoms with E-state index in [1.165, 1.54) is 11.8 Å². The first-order chi connectivity index (χ1) is 12.5. The van der Waals surface area contributed by atoms with E-state index in [9.17, 15) is 0 Å². The highest BCUT2D eigenvalue weighted by Crippen LogP contribution is 2.28. The summed E-state index contributed by atoms with van der Waals surface area (Å²) < 4.78 is 22.0. The van der Waals surface area contributed by atoms with Crippen molar-refractivity contribution in [3.05, 3.63) is 41.7 Å². The molecule has 6 nitrogen and oxygen atoms in total. The molecule has 1 saturated heterocycles. The van der Waals surface area contributed by atoms with Gasteiger partial charge in [-0.3, -0.25) is 4.99 Å². The third-order valence-corrected chi connectivity index (χ3v) is 4.83. The summed E-state index contributed by atoms with van der Waals surface area (Å²) >= 11 is 1.53. The molecule has 0 unspecified atom stereocenters. The van der Waals surface area contributed by atoms with Crippen LogP contribution in [-0.2, 0) is 11.3 Å². The van der Waals surface area contributed by atoms with E-state index in [0.717, 1.165) is 22.8 Å². The van der Waals surface area contributed by atoms with Gasteiger partial charge in [0.1, 0.15) is 17.4 Å². The summed E-state index contributed by atoms with van der Waals surface area (Å²) in [5.74, 6) is 1.88. The molecular formula is C19H24N2O4S. The van der Waals surface area contributed by atoms with Gasteiger partial charge in [0, 0.05) is 6.42 Å². The van der Waals surface area contributed by atoms with Crippen LogP contribution in [0.15, 0.2) is 39.8 Å². The van der Waals surface area contributed by atoms with Crippen LogP contribution >= 0.6 is 11.8 Å². The van der Waals surface area contributed by atoms with Crippen LogP contribution in [0.5, 0.6) is 11.6 Å². The third kappa shape index (κ3) is 4.80. The van der Waals surface area contributed by atoms with Crippen LogP contribution in [0.4, 0.5) is 0 Å². The van der Waals surface area contributed by atoms with Crippen molar-refractivity contribution in [1.29, 1.82) is 0 Å². The van der Waals surface area contributed by atoms with Crippen LogP contribution in [0.1, 0.15) is 31.6 Å². The number of hydrogen-bond acceptors (Lipinski definition) is 7. The number of aromatic nitrogens is 1. The van der Waals surface area contributed by atoms with Gasteiger partial charge in [-0.15, -0.1) is 11.8 Å². The van der Waals surface area contributed by atoms with Gasteiger partial charge in [0.2, 0.25) is 0 Å². The van der Waals surface area contributed by atoms with Gasteiger partial charge in [-0.1, -0.05) is 12.1 Å². The first kappa shape index (κ1) is 18.8. The fourth-order valence-corrected chi connectivity index (χ4v) is 3.33. The Kier molecular flexibility index (Phi) is 5.88. The SMILES string of the molecule is COc1ccc(COc2cc(C(=N[C@H]3COC(C)(C)C3)SC)on2)cc1. The van der Waals surface area contributed by atoms with E-state index < -0.39 is 0 Å². The predicted molar refractivity (Wildman–Crippen MR) is 102 cm³/mol. The lowest BCUT2D eigenvalue weighted by Gasteiger charge is -2.14. The van der Waals surface area contributed by atoms with Crippen molar-refractivity contribution in [3.8, 4) is 11.6 Å². The highest BCUT2D eigenvalue weighted by molar-refractivity contribution is 8.13. The molecule has 1 aliphatic heterocycles. The number of rotatable bonds is 6. The van der Waals surface area contributed by atoms with Crippen LogP contribution in [0.25, 0.3) is 0 Å². The fourth-order valence-electron chi connectivity index (χ4n) is 2.78. The Balaban J connectivity index is 1.62. The summed E-state index contributed by atoms with van der Waals surface area (Å²) in [6.45, 7) is 5.21. The van der Waals surface area contributed by atoms with Crippen molar-refractivity contribution in [2.45, 2.75) is 38.5 Å². The summed E-state index contributed by atoms with van der Waals surface area (Å²) in [4.78, 5) is 4.76. The Morgan fingerprint density at radius 1 is 1.35 bits per heavy atom. The Labute approximate surface area is 157 Å². The predicted octanol–water partition coefficient (Wildman–Crippen LogP) is 3.94. The lowest BCUT2D eigenvalue weighted by atomic mass is 10.0. The van der Waals surface area contributed by atoms with Crippen molar-refractivity contribution in [1.82, 2.24) is 5.16 Å². The maximum absolute atomic E-state index is 5.75. The van der Waals surface area contributed by atoms with Crippen LogP contribution in [-0.4, -0.2) is 41.8 Å². The zero-order valence-electron chi connectivity index (χ0n) is 15.5. The zero-order chi connectivity index (χ0) is 18.6. The van der Waals surface area contributed by atoms with E-state index >= 15 is 0 Å². The Hall–Kier alpha value is -1.99. The van der Waals surface area contributed by atoms with Crippen LogP contribution in [0.2, 0.25) is 0 Å². The maximum Gasteiger partial charge on any atom is 0.255 e. The normalized spacial score (nSPS) is 19.5. The van der Waals surface area contributed by atoms with Gasteiger partial charge < -0.3 is 18.7 Å². The molecule has 2 aromatic rings. The number of methoxy groups -OCH3 is 1. The average Bonchev–Trinajstić information content (AvgIpc) is 3.24. The Morgan fingerprint density at radius 2 is 2.12 bits per heavy atom. The number of aliphatic imine (C=N–C) groups is 1. The lowest BCUT2D eigenvalue weighted by molar-refractivity contribution is 0.0362. The number of hydrogen-bond donors (Lipinski definition) is 0. The number of benzene rings is 1. The van der Waals surface area contributed by atoms with E-state index in [4.69, 9.17) is 23.7 Å². The van der Waals surface area contributed by atoms with Crippen LogP contribution in [0.3, 0.4) is 0 Å². The molecule has 0 spiro atoms. The molecule has 1 fully saturated rings. The third-order valence-electron chi connectivity index (χ3n) is 4.13. The molecule has 0 radical (unpaired) electrons. The number of nitrogens with zero attached hydrogens (tertiary/aromatic N) is 2. The largest absolute Gasteiger partial charge is 0.497 e. The highest BCUT2D eigenvalue weighted by Gasteiger charge is 2.32. The van der Waals surface area contributed by atoms with E-state index in [1.54, 1.807) is 13.2 Å². The minimum absolute atomic E-state index is 0.119. The number of thioether (sulfide) groups is 1. The minimum Gasteiger partial charge on any atom is -0.497 e. The van der Waals surface area contributed by atoms with Gasteiger partial charge in [0.05, 0.1) is 31.4 Å². The molecule has 26 heavy (non-hydrogen) atoms. The highest BCUT2D eigenvalue weighted by atomic mass is 32.2. The molecule has 140 valence electrons. The average molecular weight is 376 g/mol. The van der Waals surface area contributed by atoms with E-state index in [-0.39, 0.29) is 11.6 Å². The van der Waals surface area contributed by atoms with E-state index in [1.807, 2.05) is 30.5 Å². The maximum atomic E-state index is 5.75. The second-order valence-electron chi connectivity index (χ2n) is 6.73. The number of ether oxygens (including phenoxy) is 3. The first-order valence-electron chi connectivity index (χ1n) is 8.47. The van der Waals surface area contributed by atoms with Gasteiger partial charge in [0.25, 0.3) is 5.88 Å². The molecule has 0 aliphatic carbocycles. The van der Waals surface area contributed by atoms with Crippen molar-refractivity contribution < 1.29 is 18.7 Å². The summed E-state index contributed by atoms with van der Waals surface area (Å²) in [5.41, 5.74) is 0.908. The molecule has 1 aromatic heterocycles. The van der Waals surface area contributed by atoms with Crippen molar-refractivity contribution in [2.24, 2.45) is 4.99 Å². The molecule has 2 heterocycles. The van der Waals surface area contributed by atoms with Gasteiger partial charge in [-0.25, -0.2) is 0 Å². The van der Waals surface area contributed by atoms with Gasteiger partial charge in [-0.2, -0.15) is 0 Å². The lowest BCUT2D eigenvalue weighted by Crippen LogP contribution is -2.17. The van der Waals surface area contributed by atoms with E-state index in [2.05, 4.69) is 19.0 Å². The zero-order valence-corrected chi connectivity index (χ0v) is 16.3. The molecule has 0 bridgehead atoms. The summed E-state index contributed by atoms with van der Waals surface area (Å²) in [5, 5.41) is 4.80. The monoisotopic (exact) mass is 376 g/mol. The summed E-state index contributed by atoms with van der Waals surface area (Å²) in [6, 6.07) is 9.63. The molecule has 3 rings (SSSR count). The molecule has 0 N–H and O–H groups in total. The molecule has 0 saturated carbocycles. The van der Waals surface area contributed by atoms with Gasteiger partial charge >= 0.3 is 0 Å². The minimum atomic E-state index is -0.119. The van der Waals surface area contributed by atoms with Gasteiger partial charge in [-0.05, 0) is 43.0 Å². The van der Waals surface area contributed by atoms with Crippen molar-refractivity contribution in [2.75, 3.05) is 20.0 Å². The standard InChI is InChI=1S/C19H24N2O4S/c1-19(2)10-14(12-24-19)20-18(26-4)16-9-17(21-25-16)23-11-13-5-7-15(22-3)8-6-13/h5-9,14H,10-12H2,1-4H3/t14-/m1/s1. The Bertz CT molecular complexity index is 755. The molecule has 1 atom stereocenters. The summed E-state index contributed by atoms with van der Waals surface area (Å²) in [6.07, 6.45) is 2.87. The quantitative estimate of drug-likeness (QED) is 0.562. The van der Waals surface area contributed by atoms with Crippen molar-refractivity contribution >= 4 is 16.8 Å². The second-order valence-corrected chi connectivity index (χ2v) is 7.53. The van der Waals surface area contributed by atoms with Crippen molar-refractivity contribution in [3.63, 3.8) is 0 Å². The molecule has 1 aliphatic rings. The van der Waals surface area contributed by atoms with Crippen LogP contribution < -0.4 is 9.47 Å². The summed E-state index contributed by atoms with van der Waals surface area (Å²) in [7, 11) is 1.64.